The van der Waals surface area contributed by atoms with Crippen molar-refractivity contribution in [1.29, 1.82) is 0 Å². The molecule has 2 N–H and O–H groups in total. The first-order chi connectivity index (χ1) is 15.8. The predicted molar refractivity (Wildman–Crippen MR) is 139 cm³/mol. The lowest BCUT2D eigenvalue weighted by Gasteiger charge is -2.17. The molecule has 1 unspecified atom stereocenters. The van der Waals surface area contributed by atoms with E-state index in [0.29, 0.717) is 22.7 Å². The summed E-state index contributed by atoms with van der Waals surface area (Å²) in [7, 11) is 0. The van der Waals surface area contributed by atoms with Crippen LogP contribution in [0.15, 0.2) is 83.2 Å². The van der Waals surface area contributed by atoms with E-state index in [4.69, 9.17) is 0 Å². The Kier molecular flexibility index (Phi) is 7.64. The molecule has 1 saturated carbocycles. The summed E-state index contributed by atoms with van der Waals surface area (Å²) in [6, 6.07) is 12.1. The van der Waals surface area contributed by atoms with Gasteiger partial charge < -0.3 is 10.6 Å². The molecule has 176 valence electrons. The Balaban J connectivity index is 0.00000149. The third-order valence-corrected chi connectivity index (χ3v) is 5.67. The molecule has 4 nitrogen and oxygen atoms in total. The number of rotatable bonds is 6. The molecule has 5 heteroatoms. The van der Waals surface area contributed by atoms with Crippen LogP contribution in [0.4, 0.5) is 10.1 Å². The van der Waals surface area contributed by atoms with Crippen LogP contribution in [0, 0.1) is 18.7 Å². The number of aliphatic imine (C=N–C) groups is 1. The summed E-state index contributed by atoms with van der Waals surface area (Å²) in [6.45, 7) is 13.8. The number of amides is 1. The van der Waals surface area contributed by atoms with Gasteiger partial charge in [0, 0.05) is 38.0 Å². The van der Waals surface area contributed by atoms with E-state index >= 15 is 0 Å². The molecule has 2 aromatic carbocycles. The molecule has 0 bridgehead atoms. The highest BCUT2D eigenvalue weighted by Gasteiger charge is 2.37. The third-order valence-electron chi connectivity index (χ3n) is 5.67. The van der Waals surface area contributed by atoms with Crippen molar-refractivity contribution in [3.05, 3.63) is 101 Å². The topological polar surface area (TPSA) is 53.5 Å². The van der Waals surface area contributed by atoms with Gasteiger partial charge in [0.1, 0.15) is 5.82 Å². The lowest BCUT2D eigenvalue weighted by molar-refractivity contribution is 0.102. The van der Waals surface area contributed by atoms with E-state index in [0.717, 1.165) is 29.0 Å². The van der Waals surface area contributed by atoms with Gasteiger partial charge in [0.25, 0.3) is 5.91 Å². The molecule has 0 saturated heterocycles. The number of allylic oxidation sites excluding steroid dienone is 4. The summed E-state index contributed by atoms with van der Waals surface area (Å²) < 4.78 is 13.8. The van der Waals surface area contributed by atoms with Gasteiger partial charge in [0.2, 0.25) is 0 Å². The second kappa shape index (κ2) is 10.4. The van der Waals surface area contributed by atoms with E-state index in [1.165, 1.54) is 11.6 Å². The van der Waals surface area contributed by atoms with Gasteiger partial charge in [-0.1, -0.05) is 50.3 Å². The van der Waals surface area contributed by atoms with Crippen LogP contribution in [0.25, 0.3) is 0 Å². The Morgan fingerprint density at radius 2 is 2.03 bits per heavy atom. The summed E-state index contributed by atoms with van der Waals surface area (Å²) in [5.74, 6) is -0.315. The van der Waals surface area contributed by atoms with Crippen molar-refractivity contribution in [2.75, 3.05) is 5.32 Å². The molecule has 1 amide bonds. The largest absolute Gasteiger partial charge is 0.381 e. The second-order valence-electron chi connectivity index (χ2n) is 8.24. The maximum Gasteiger partial charge on any atom is 0.255 e. The fraction of sp³-hybridized carbons (Fsp3) is 0.286. The van der Waals surface area contributed by atoms with Crippen molar-refractivity contribution < 1.29 is 12.0 Å². The van der Waals surface area contributed by atoms with Gasteiger partial charge in [-0.3, -0.25) is 9.79 Å². The Labute approximate surface area is 199 Å². The van der Waals surface area contributed by atoms with E-state index in [-0.39, 0.29) is 20.6 Å². The Hall–Kier alpha value is -3.47. The van der Waals surface area contributed by atoms with Crippen molar-refractivity contribution >= 4 is 17.3 Å². The third kappa shape index (κ3) is 5.86. The number of carbonyl (C=O) groups is 1. The van der Waals surface area contributed by atoms with Gasteiger partial charge in [0.15, 0.2) is 0 Å². The van der Waals surface area contributed by atoms with Gasteiger partial charge >= 0.3 is 0 Å². The van der Waals surface area contributed by atoms with Gasteiger partial charge in [-0.25, -0.2) is 4.39 Å². The minimum Gasteiger partial charge on any atom is -0.381 e. The molecule has 2 aliphatic rings. The summed E-state index contributed by atoms with van der Waals surface area (Å²) in [4.78, 5) is 17.1. The molecule has 2 aromatic rings. The number of anilines is 1. The molecule has 1 fully saturated rings. The molecule has 4 rings (SSSR count). The van der Waals surface area contributed by atoms with Crippen LogP contribution < -0.4 is 10.6 Å². The van der Waals surface area contributed by atoms with Crippen molar-refractivity contribution in [2.45, 2.75) is 47.1 Å². The van der Waals surface area contributed by atoms with Crippen LogP contribution in [-0.2, 0) is 0 Å². The molecule has 33 heavy (non-hydrogen) atoms. The number of fused-ring (bicyclic) bond motifs is 1. The first-order valence-corrected chi connectivity index (χ1v) is 11.4. The zero-order chi connectivity index (χ0) is 24.1. The number of halogens is 1. The number of carbonyl (C=O) groups excluding carboxylic acids is 1. The van der Waals surface area contributed by atoms with Crippen molar-refractivity contribution in [3.8, 4) is 0 Å². The number of nitrogens with one attached hydrogen (secondary N) is 2. The first-order valence-electron chi connectivity index (χ1n) is 11.4. The maximum absolute atomic E-state index is 13.8. The summed E-state index contributed by atoms with van der Waals surface area (Å²) in [5.41, 5.74) is 7.04. The number of hydrogen-bond acceptors (Lipinski definition) is 3. The van der Waals surface area contributed by atoms with Gasteiger partial charge in [-0.05, 0) is 68.2 Å². The highest BCUT2D eigenvalue weighted by Crippen LogP contribution is 2.44. The minimum atomic E-state index is -0.389. The maximum atomic E-state index is 13.8. The van der Waals surface area contributed by atoms with E-state index in [9.17, 15) is 9.18 Å². The average molecular weight is 450 g/mol. The lowest BCUT2D eigenvalue weighted by Crippen LogP contribution is -2.17. The van der Waals surface area contributed by atoms with Crippen LogP contribution in [0.5, 0.6) is 0 Å². The molecule has 0 radical (unpaired) electrons. The Morgan fingerprint density at radius 3 is 2.70 bits per heavy atom. The fourth-order valence-electron chi connectivity index (χ4n) is 3.77. The van der Waals surface area contributed by atoms with Crippen LogP contribution in [0.1, 0.15) is 64.5 Å². The van der Waals surface area contributed by atoms with E-state index in [1.807, 2.05) is 51.2 Å². The highest BCUT2D eigenvalue weighted by molar-refractivity contribution is 6.11. The van der Waals surface area contributed by atoms with Gasteiger partial charge in [0.05, 0.1) is 5.71 Å². The molecular formula is C28H36FN3O. The second-order valence-corrected chi connectivity index (χ2v) is 8.24. The van der Waals surface area contributed by atoms with Crippen LogP contribution in [0.3, 0.4) is 0 Å². The fourth-order valence-corrected chi connectivity index (χ4v) is 3.77. The highest BCUT2D eigenvalue weighted by atomic mass is 19.1. The smallest absolute Gasteiger partial charge is 0.255 e. The quantitative estimate of drug-likeness (QED) is 0.452. The van der Waals surface area contributed by atoms with Crippen molar-refractivity contribution in [3.63, 3.8) is 0 Å². The zero-order valence-electron chi connectivity index (χ0n) is 20.0. The number of hydrogen-bond donors (Lipinski definition) is 2. The van der Waals surface area contributed by atoms with Crippen LogP contribution in [0.2, 0.25) is 0 Å². The normalized spacial score (nSPS) is 18.7. The van der Waals surface area contributed by atoms with E-state index in [2.05, 4.69) is 35.2 Å². The van der Waals surface area contributed by atoms with Crippen molar-refractivity contribution in [2.24, 2.45) is 10.9 Å². The molecule has 0 spiro atoms. The van der Waals surface area contributed by atoms with Gasteiger partial charge in [-0.15, -0.1) is 0 Å². The van der Waals surface area contributed by atoms with Crippen LogP contribution in [-0.4, -0.2) is 11.6 Å². The molecule has 2 aliphatic carbocycles. The molecule has 0 heterocycles. The number of aryl methyl sites for hydroxylation is 1. The SMILES string of the molecule is C=C1CC2=CC2C1=N/C=C(\C)N[C@@H](C)c1cccc(NC(=O)c2ccc(C)c(F)c2)c1.CC.[HH].[HH]. The molecular weight excluding hydrogens is 413 g/mol. The molecule has 0 aromatic heterocycles. The molecule has 0 aliphatic heterocycles. The number of benzene rings is 2. The standard InChI is InChI=1S/C26H26FN3O.C2H6.2H2/c1-15-8-9-20(13-24(15)27)26(31)30-22-7-5-6-19(11-22)18(4)29-17(3)14-28-25-16(2)10-21-12-23(21)25;1-2;;/h5-9,11-14,18,23,29H,2,10H2,1,3-4H3,(H,30,31);1-2H3;2*1H/b17-14+,28-25?;;;/t18-,23?;;;/m0.../s1. The summed E-state index contributed by atoms with van der Waals surface area (Å²) >= 11 is 0. The zero-order valence-corrected chi connectivity index (χ0v) is 20.0. The van der Waals surface area contributed by atoms with Gasteiger partial charge in [-0.2, -0.15) is 0 Å². The van der Waals surface area contributed by atoms with Crippen LogP contribution >= 0.6 is 0 Å². The Morgan fingerprint density at radius 1 is 1.27 bits per heavy atom. The minimum absolute atomic E-state index is 0. The average Bonchev–Trinajstić information content (AvgIpc) is 3.48. The van der Waals surface area contributed by atoms with E-state index in [1.54, 1.807) is 19.1 Å². The summed E-state index contributed by atoms with van der Waals surface area (Å²) in [6.07, 6.45) is 5.04. The predicted octanol–water partition coefficient (Wildman–Crippen LogP) is 7.37. The summed E-state index contributed by atoms with van der Waals surface area (Å²) in [5, 5.41) is 6.28. The lowest BCUT2D eigenvalue weighted by atomic mass is 10.1. The van der Waals surface area contributed by atoms with E-state index < -0.39 is 0 Å². The Bertz CT molecular complexity index is 1170. The monoisotopic (exact) mass is 449 g/mol. The van der Waals surface area contributed by atoms with Crippen molar-refractivity contribution in [1.82, 2.24) is 5.32 Å². The first kappa shape index (κ1) is 24.2. The molecule has 2 atom stereocenters. The number of nitrogens with zero attached hydrogens (tertiary/aromatic N) is 1.